The standard InChI is InChI=1S/C18H17Cl2NO2/c1-12(2)11-21(17(22)13-3-7-15(19)8-4-13)18(23)14-5-9-16(20)10-6-14/h3-10,12H,11H2,1-2H3. The van der Waals surface area contributed by atoms with Crippen molar-refractivity contribution in [2.24, 2.45) is 5.92 Å². The van der Waals surface area contributed by atoms with Crippen LogP contribution in [-0.4, -0.2) is 23.3 Å². The van der Waals surface area contributed by atoms with E-state index < -0.39 is 0 Å². The second-order valence-electron chi connectivity index (χ2n) is 5.63. The summed E-state index contributed by atoms with van der Waals surface area (Å²) < 4.78 is 0. The highest BCUT2D eigenvalue weighted by atomic mass is 35.5. The van der Waals surface area contributed by atoms with Crippen LogP contribution in [0.1, 0.15) is 34.6 Å². The van der Waals surface area contributed by atoms with E-state index in [1.165, 1.54) is 4.90 Å². The summed E-state index contributed by atoms with van der Waals surface area (Å²) in [5.74, 6) is -0.520. The molecule has 2 aromatic carbocycles. The maximum Gasteiger partial charge on any atom is 0.260 e. The molecule has 0 unspecified atom stereocenters. The molecule has 2 aromatic rings. The summed E-state index contributed by atoms with van der Waals surface area (Å²) in [5.41, 5.74) is 0.856. The molecule has 0 heterocycles. The number of imide groups is 1. The van der Waals surface area contributed by atoms with Crippen LogP contribution in [0, 0.1) is 5.92 Å². The number of hydrogen-bond donors (Lipinski definition) is 0. The summed E-state index contributed by atoms with van der Waals surface area (Å²) in [7, 11) is 0. The van der Waals surface area contributed by atoms with E-state index in [0.29, 0.717) is 27.7 Å². The first-order chi connectivity index (χ1) is 10.9. The Labute approximate surface area is 145 Å². The lowest BCUT2D eigenvalue weighted by atomic mass is 10.1. The molecule has 2 rings (SSSR count). The van der Waals surface area contributed by atoms with Crippen LogP contribution in [0.2, 0.25) is 10.0 Å². The molecular formula is C18H17Cl2NO2. The highest BCUT2D eigenvalue weighted by Crippen LogP contribution is 2.17. The zero-order valence-corrected chi connectivity index (χ0v) is 14.4. The number of rotatable bonds is 4. The monoisotopic (exact) mass is 349 g/mol. The largest absolute Gasteiger partial charge is 0.274 e. The topological polar surface area (TPSA) is 37.4 Å². The van der Waals surface area contributed by atoms with Crippen molar-refractivity contribution in [3.63, 3.8) is 0 Å². The van der Waals surface area contributed by atoms with E-state index in [1.807, 2.05) is 13.8 Å². The van der Waals surface area contributed by atoms with E-state index in [0.717, 1.165) is 0 Å². The van der Waals surface area contributed by atoms with E-state index in [1.54, 1.807) is 48.5 Å². The van der Waals surface area contributed by atoms with Gasteiger partial charge in [-0.15, -0.1) is 0 Å². The van der Waals surface area contributed by atoms with Crippen LogP contribution >= 0.6 is 23.2 Å². The fourth-order valence-corrected chi connectivity index (χ4v) is 2.37. The number of carbonyl (C=O) groups excluding carboxylic acids is 2. The Morgan fingerprint density at radius 3 is 1.48 bits per heavy atom. The molecule has 0 bridgehead atoms. The first-order valence-corrected chi connectivity index (χ1v) is 8.01. The number of carbonyl (C=O) groups is 2. The molecule has 120 valence electrons. The lowest BCUT2D eigenvalue weighted by Gasteiger charge is -2.23. The first-order valence-electron chi connectivity index (χ1n) is 7.26. The number of benzene rings is 2. The minimum absolute atomic E-state index is 0.155. The van der Waals surface area contributed by atoms with Gasteiger partial charge in [0.05, 0.1) is 0 Å². The van der Waals surface area contributed by atoms with Crippen LogP contribution in [0.4, 0.5) is 0 Å². The van der Waals surface area contributed by atoms with Gasteiger partial charge in [-0.1, -0.05) is 37.0 Å². The summed E-state index contributed by atoms with van der Waals surface area (Å²) in [6.07, 6.45) is 0. The van der Waals surface area contributed by atoms with Crippen molar-refractivity contribution >= 4 is 35.0 Å². The summed E-state index contributed by atoms with van der Waals surface area (Å²) in [5, 5.41) is 1.09. The molecule has 0 radical (unpaired) electrons. The van der Waals surface area contributed by atoms with Crippen molar-refractivity contribution in [1.29, 1.82) is 0 Å². The number of hydrogen-bond acceptors (Lipinski definition) is 2. The molecule has 0 fully saturated rings. The van der Waals surface area contributed by atoms with Crippen molar-refractivity contribution in [3.8, 4) is 0 Å². The lowest BCUT2D eigenvalue weighted by molar-refractivity contribution is 0.0597. The van der Waals surface area contributed by atoms with Gasteiger partial charge in [-0.25, -0.2) is 0 Å². The van der Waals surface area contributed by atoms with Crippen molar-refractivity contribution < 1.29 is 9.59 Å². The van der Waals surface area contributed by atoms with Gasteiger partial charge in [-0.3, -0.25) is 14.5 Å². The van der Waals surface area contributed by atoms with Gasteiger partial charge in [-0.2, -0.15) is 0 Å². The molecule has 0 N–H and O–H groups in total. The number of nitrogens with zero attached hydrogens (tertiary/aromatic N) is 1. The van der Waals surface area contributed by atoms with Crippen LogP contribution in [0.25, 0.3) is 0 Å². The van der Waals surface area contributed by atoms with Gasteiger partial charge in [0, 0.05) is 27.7 Å². The molecule has 23 heavy (non-hydrogen) atoms. The Hall–Kier alpha value is -1.84. The normalized spacial score (nSPS) is 10.7. The quantitative estimate of drug-likeness (QED) is 0.733. The first kappa shape index (κ1) is 17.5. The van der Waals surface area contributed by atoms with E-state index >= 15 is 0 Å². The van der Waals surface area contributed by atoms with Gasteiger partial charge in [0.2, 0.25) is 0 Å². The maximum absolute atomic E-state index is 12.7. The SMILES string of the molecule is CC(C)CN(C(=O)c1ccc(Cl)cc1)C(=O)c1ccc(Cl)cc1. The van der Waals surface area contributed by atoms with Crippen molar-refractivity contribution in [3.05, 3.63) is 69.7 Å². The van der Waals surface area contributed by atoms with E-state index in [2.05, 4.69) is 0 Å². The average Bonchev–Trinajstić information content (AvgIpc) is 2.52. The molecule has 2 amide bonds. The Morgan fingerprint density at radius 2 is 1.17 bits per heavy atom. The minimum Gasteiger partial charge on any atom is -0.274 e. The molecule has 5 heteroatoms. The summed E-state index contributed by atoms with van der Waals surface area (Å²) >= 11 is 11.7. The summed E-state index contributed by atoms with van der Waals surface area (Å²) in [6.45, 7) is 4.25. The van der Waals surface area contributed by atoms with E-state index in [9.17, 15) is 9.59 Å². The van der Waals surface area contributed by atoms with Gasteiger partial charge in [0.15, 0.2) is 0 Å². The Morgan fingerprint density at radius 1 is 0.826 bits per heavy atom. The van der Waals surface area contributed by atoms with Gasteiger partial charge in [0.1, 0.15) is 0 Å². The average molecular weight is 350 g/mol. The fraction of sp³-hybridized carbons (Fsp3) is 0.222. The highest BCUT2D eigenvalue weighted by molar-refractivity contribution is 6.31. The van der Waals surface area contributed by atoms with Crippen molar-refractivity contribution in [2.75, 3.05) is 6.54 Å². The second-order valence-corrected chi connectivity index (χ2v) is 6.50. The zero-order chi connectivity index (χ0) is 17.0. The number of halogens is 2. The van der Waals surface area contributed by atoms with E-state index in [-0.39, 0.29) is 17.7 Å². The highest BCUT2D eigenvalue weighted by Gasteiger charge is 2.24. The third-order valence-corrected chi connectivity index (χ3v) is 3.72. The lowest BCUT2D eigenvalue weighted by Crippen LogP contribution is -2.39. The van der Waals surface area contributed by atoms with Crippen LogP contribution in [-0.2, 0) is 0 Å². The summed E-state index contributed by atoms with van der Waals surface area (Å²) in [4.78, 5) is 26.7. The predicted octanol–water partition coefficient (Wildman–Crippen LogP) is 4.93. The number of amides is 2. The molecule has 0 spiro atoms. The zero-order valence-electron chi connectivity index (χ0n) is 12.9. The molecule has 3 nitrogen and oxygen atoms in total. The smallest absolute Gasteiger partial charge is 0.260 e. The molecule has 0 saturated carbocycles. The van der Waals surface area contributed by atoms with Gasteiger partial charge < -0.3 is 0 Å². The molecule has 0 aliphatic rings. The molecular weight excluding hydrogens is 333 g/mol. The molecule has 0 atom stereocenters. The van der Waals surface area contributed by atoms with E-state index in [4.69, 9.17) is 23.2 Å². The van der Waals surface area contributed by atoms with Crippen LogP contribution in [0.5, 0.6) is 0 Å². The van der Waals surface area contributed by atoms with Crippen molar-refractivity contribution in [2.45, 2.75) is 13.8 Å². The molecule has 0 saturated heterocycles. The molecule has 0 aliphatic heterocycles. The Kier molecular flexibility index (Phi) is 5.80. The van der Waals surface area contributed by atoms with Gasteiger partial charge >= 0.3 is 0 Å². The van der Waals surface area contributed by atoms with Gasteiger partial charge in [-0.05, 0) is 54.4 Å². The predicted molar refractivity (Wildman–Crippen MR) is 93.1 cm³/mol. The van der Waals surface area contributed by atoms with Crippen molar-refractivity contribution in [1.82, 2.24) is 4.90 Å². The van der Waals surface area contributed by atoms with Crippen LogP contribution < -0.4 is 0 Å². The van der Waals surface area contributed by atoms with Crippen LogP contribution in [0.15, 0.2) is 48.5 Å². The summed E-state index contributed by atoms with van der Waals surface area (Å²) in [6, 6.07) is 13.0. The minimum atomic E-state index is -0.338. The van der Waals surface area contributed by atoms with Crippen LogP contribution in [0.3, 0.4) is 0 Å². The third kappa shape index (κ3) is 4.57. The molecule has 0 aromatic heterocycles. The second kappa shape index (κ2) is 7.62. The Bertz CT molecular complexity index is 636. The fourth-order valence-electron chi connectivity index (χ4n) is 2.12. The van der Waals surface area contributed by atoms with Gasteiger partial charge in [0.25, 0.3) is 11.8 Å². The maximum atomic E-state index is 12.7. The Balaban J connectivity index is 2.32. The third-order valence-electron chi connectivity index (χ3n) is 3.22. The molecule has 0 aliphatic carbocycles.